The van der Waals surface area contributed by atoms with E-state index in [1.165, 1.54) is 0 Å². The standard InChI is InChI=1S/C20H24N4O/c1-23-8-10-24(11-9-23)12-13-25-19-4-2-16(3-5-19)18-14-17-6-7-21-20(17)22-15-18/h2-7,14-15H,8-13H2,1H3,(H,21,22). The van der Waals surface area contributed by atoms with E-state index in [0.717, 1.165) is 67.2 Å². The van der Waals surface area contributed by atoms with E-state index in [1.54, 1.807) is 0 Å². The highest BCUT2D eigenvalue weighted by Gasteiger charge is 2.13. The van der Waals surface area contributed by atoms with Crippen LogP contribution in [-0.4, -0.2) is 66.1 Å². The van der Waals surface area contributed by atoms with Crippen LogP contribution in [0.15, 0.2) is 48.8 Å². The lowest BCUT2D eigenvalue weighted by Crippen LogP contribution is -2.45. The van der Waals surface area contributed by atoms with Gasteiger partial charge in [0.1, 0.15) is 18.0 Å². The van der Waals surface area contributed by atoms with Gasteiger partial charge in [0.05, 0.1) is 0 Å². The predicted molar refractivity (Wildman–Crippen MR) is 101 cm³/mol. The van der Waals surface area contributed by atoms with Crippen molar-refractivity contribution < 1.29 is 4.74 Å². The van der Waals surface area contributed by atoms with Crippen molar-refractivity contribution in [3.05, 3.63) is 48.8 Å². The summed E-state index contributed by atoms with van der Waals surface area (Å²) in [5, 5.41) is 1.13. The van der Waals surface area contributed by atoms with Crippen molar-refractivity contribution in [2.75, 3.05) is 46.4 Å². The van der Waals surface area contributed by atoms with E-state index in [-0.39, 0.29) is 0 Å². The first-order chi connectivity index (χ1) is 12.3. The lowest BCUT2D eigenvalue weighted by molar-refractivity contribution is 0.134. The fourth-order valence-electron chi connectivity index (χ4n) is 3.21. The first-order valence-corrected chi connectivity index (χ1v) is 8.85. The summed E-state index contributed by atoms with van der Waals surface area (Å²) in [5.74, 6) is 0.925. The molecule has 0 unspecified atom stereocenters. The van der Waals surface area contributed by atoms with Crippen molar-refractivity contribution in [2.45, 2.75) is 0 Å². The molecule has 0 radical (unpaired) electrons. The van der Waals surface area contributed by atoms with Crippen molar-refractivity contribution in [2.24, 2.45) is 0 Å². The molecule has 0 saturated carbocycles. The number of aromatic nitrogens is 2. The van der Waals surface area contributed by atoms with Gasteiger partial charge in [0.15, 0.2) is 0 Å². The largest absolute Gasteiger partial charge is 0.492 e. The first-order valence-electron chi connectivity index (χ1n) is 8.85. The number of benzene rings is 1. The molecule has 1 saturated heterocycles. The maximum atomic E-state index is 5.91. The number of rotatable bonds is 5. The third-order valence-electron chi connectivity index (χ3n) is 4.86. The highest BCUT2D eigenvalue weighted by Crippen LogP contribution is 2.24. The van der Waals surface area contributed by atoms with Crippen molar-refractivity contribution in [3.63, 3.8) is 0 Å². The van der Waals surface area contributed by atoms with Crippen LogP contribution in [0, 0.1) is 0 Å². The number of hydrogen-bond donors (Lipinski definition) is 1. The molecule has 0 amide bonds. The number of pyridine rings is 1. The van der Waals surface area contributed by atoms with Crippen molar-refractivity contribution in [1.29, 1.82) is 0 Å². The molecular formula is C20H24N4O. The van der Waals surface area contributed by atoms with Gasteiger partial charge in [0, 0.05) is 56.1 Å². The smallest absolute Gasteiger partial charge is 0.137 e. The van der Waals surface area contributed by atoms with Crippen LogP contribution in [0.3, 0.4) is 0 Å². The summed E-state index contributed by atoms with van der Waals surface area (Å²) in [5.41, 5.74) is 3.20. The Morgan fingerprint density at radius 1 is 1.04 bits per heavy atom. The Morgan fingerprint density at radius 2 is 1.84 bits per heavy atom. The molecule has 0 aliphatic carbocycles. The molecule has 1 aliphatic heterocycles. The van der Waals surface area contributed by atoms with Crippen LogP contribution in [0.25, 0.3) is 22.2 Å². The van der Waals surface area contributed by atoms with E-state index in [1.807, 2.05) is 30.6 Å². The van der Waals surface area contributed by atoms with Crippen LogP contribution in [0.1, 0.15) is 0 Å². The zero-order valence-corrected chi connectivity index (χ0v) is 14.6. The molecule has 5 nitrogen and oxygen atoms in total. The molecular weight excluding hydrogens is 312 g/mol. The molecule has 1 aromatic carbocycles. The second-order valence-electron chi connectivity index (χ2n) is 6.66. The number of fused-ring (bicyclic) bond motifs is 1. The Hall–Kier alpha value is -2.37. The minimum absolute atomic E-state index is 0.736. The van der Waals surface area contributed by atoms with Crippen molar-refractivity contribution in [3.8, 4) is 16.9 Å². The SMILES string of the molecule is CN1CCN(CCOc2ccc(-c3cnc4[nH]ccc4c3)cc2)CC1. The van der Waals surface area contributed by atoms with E-state index in [2.05, 4.69) is 45.0 Å². The molecule has 130 valence electrons. The Balaban J connectivity index is 1.33. The van der Waals surface area contributed by atoms with E-state index in [9.17, 15) is 0 Å². The predicted octanol–water partition coefficient (Wildman–Crippen LogP) is 2.86. The van der Waals surface area contributed by atoms with Gasteiger partial charge < -0.3 is 14.6 Å². The van der Waals surface area contributed by atoms with Gasteiger partial charge in [-0.1, -0.05) is 12.1 Å². The highest BCUT2D eigenvalue weighted by atomic mass is 16.5. The lowest BCUT2D eigenvalue weighted by atomic mass is 10.1. The van der Waals surface area contributed by atoms with Crippen LogP contribution < -0.4 is 4.74 Å². The fraction of sp³-hybridized carbons (Fsp3) is 0.350. The zero-order chi connectivity index (χ0) is 17.1. The number of hydrogen-bond acceptors (Lipinski definition) is 4. The van der Waals surface area contributed by atoms with Gasteiger partial charge in [0.2, 0.25) is 0 Å². The summed E-state index contributed by atoms with van der Waals surface area (Å²) in [4.78, 5) is 12.4. The number of nitrogens with zero attached hydrogens (tertiary/aromatic N) is 3. The van der Waals surface area contributed by atoms with Gasteiger partial charge in [-0.25, -0.2) is 4.98 Å². The fourth-order valence-corrected chi connectivity index (χ4v) is 3.21. The Kier molecular flexibility index (Phi) is 4.68. The topological polar surface area (TPSA) is 44.4 Å². The summed E-state index contributed by atoms with van der Waals surface area (Å²) in [6.07, 6.45) is 3.82. The molecule has 1 N–H and O–H groups in total. The molecule has 5 heteroatoms. The van der Waals surface area contributed by atoms with E-state index in [0.29, 0.717) is 0 Å². The summed E-state index contributed by atoms with van der Waals surface area (Å²) in [7, 11) is 2.18. The third-order valence-corrected chi connectivity index (χ3v) is 4.86. The minimum Gasteiger partial charge on any atom is -0.492 e. The number of likely N-dealkylation sites (N-methyl/N-ethyl adjacent to an activating group) is 1. The number of H-pyrrole nitrogens is 1. The number of piperazine rings is 1. The van der Waals surface area contributed by atoms with Gasteiger partial charge in [-0.3, -0.25) is 4.90 Å². The maximum Gasteiger partial charge on any atom is 0.137 e. The quantitative estimate of drug-likeness (QED) is 0.778. The monoisotopic (exact) mass is 336 g/mol. The molecule has 2 aromatic heterocycles. The normalized spacial score (nSPS) is 16.4. The summed E-state index contributed by atoms with van der Waals surface area (Å²) in [6, 6.07) is 12.5. The summed E-state index contributed by atoms with van der Waals surface area (Å²) < 4.78 is 5.91. The molecule has 1 aliphatic rings. The van der Waals surface area contributed by atoms with Gasteiger partial charge in [0.25, 0.3) is 0 Å². The summed E-state index contributed by atoms with van der Waals surface area (Å²) in [6.45, 7) is 6.28. The minimum atomic E-state index is 0.736. The molecule has 3 heterocycles. The number of nitrogens with one attached hydrogen (secondary N) is 1. The lowest BCUT2D eigenvalue weighted by Gasteiger charge is -2.32. The third kappa shape index (κ3) is 3.83. The number of aromatic amines is 1. The second kappa shape index (κ2) is 7.25. The van der Waals surface area contributed by atoms with Crippen molar-refractivity contribution in [1.82, 2.24) is 19.8 Å². The molecule has 3 aromatic rings. The van der Waals surface area contributed by atoms with E-state index in [4.69, 9.17) is 4.74 Å². The van der Waals surface area contributed by atoms with Gasteiger partial charge in [-0.2, -0.15) is 0 Å². The van der Waals surface area contributed by atoms with Crippen LogP contribution in [0.2, 0.25) is 0 Å². The van der Waals surface area contributed by atoms with E-state index < -0.39 is 0 Å². The second-order valence-corrected chi connectivity index (χ2v) is 6.66. The molecule has 0 atom stereocenters. The zero-order valence-electron chi connectivity index (χ0n) is 14.6. The average Bonchev–Trinajstić information content (AvgIpc) is 3.12. The average molecular weight is 336 g/mol. The molecule has 0 bridgehead atoms. The van der Waals surface area contributed by atoms with Gasteiger partial charge >= 0.3 is 0 Å². The Morgan fingerprint density at radius 3 is 2.64 bits per heavy atom. The first kappa shape index (κ1) is 16.1. The van der Waals surface area contributed by atoms with Crippen LogP contribution in [0.5, 0.6) is 5.75 Å². The summed E-state index contributed by atoms with van der Waals surface area (Å²) >= 11 is 0. The Bertz CT molecular complexity index is 819. The van der Waals surface area contributed by atoms with Crippen LogP contribution in [0.4, 0.5) is 0 Å². The van der Waals surface area contributed by atoms with E-state index >= 15 is 0 Å². The molecule has 1 fully saturated rings. The molecule has 25 heavy (non-hydrogen) atoms. The van der Waals surface area contributed by atoms with Gasteiger partial charge in [-0.15, -0.1) is 0 Å². The van der Waals surface area contributed by atoms with Crippen LogP contribution >= 0.6 is 0 Å². The van der Waals surface area contributed by atoms with Crippen molar-refractivity contribution >= 4 is 11.0 Å². The van der Waals surface area contributed by atoms with Gasteiger partial charge in [-0.05, 0) is 36.9 Å². The van der Waals surface area contributed by atoms with Crippen LogP contribution in [-0.2, 0) is 0 Å². The molecule has 0 spiro atoms. The number of ether oxygens (including phenoxy) is 1. The maximum absolute atomic E-state index is 5.91. The Labute approximate surface area is 148 Å². The highest BCUT2D eigenvalue weighted by molar-refractivity contribution is 5.81. The molecule has 4 rings (SSSR count).